The first kappa shape index (κ1) is 17.6. The van der Waals surface area contributed by atoms with Gasteiger partial charge in [-0.25, -0.2) is 4.39 Å². The first-order valence-electron chi connectivity index (χ1n) is 7.74. The fourth-order valence-electron chi connectivity index (χ4n) is 2.65. The van der Waals surface area contributed by atoms with Gasteiger partial charge in [-0.2, -0.15) is 0 Å². The number of amides is 1. The molecule has 3 aromatic rings. The Bertz CT molecular complexity index is 1010. The van der Waals surface area contributed by atoms with Crippen LogP contribution in [0.15, 0.2) is 41.2 Å². The van der Waals surface area contributed by atoms with Crippen molar-refractivity contribution in [2.45, 2.75) is 26.3 Å². The molecule has 1 heterocycles. The van der Waals surface area contributed by atoms with Crippen molar-refractivity contribution in [1.29, 1.82) is 0 Å². The standard InChI is InChI=1S/C18H16ClFN2O2S/c1-10(2)22-15-6-5-13(9-16(15)25-18(22)24)21-17(23)7-11-3-4-12(19)8-14(11)20/h3-6,8-10H,7H2,1-2H3,(H,21,23). The summed E-state index contributed by atoms with van der Waals surface area (Å²) in [6.07, 6.45) is -0.0930. The Morgan fingerprint density at radius 3 is 2.72 bits per heavy atom. The summed E-state index contributed by atoms with van der Waals surface area (Å²) < 4.78 is 16.3. The van der Waals surface area contributed by atoms with E-state index in [1.165, 1.54) is 12.1 Å². The lowest BCUT2D eigenvalue weighted by Crippen LogP contribution is -2.15. The lowest BCUT2D eigenvalue weighted by Gasteiger charge is -2.09. The van der Waals surface area contributed by atoms with Crippen LogP contribution in [-0.2, 0) is 11.2 Å². The van der Waals surface area contributed by atoms with E-state index >= 15 is 0 Å². The predicted molar refractivity (Wildman–Crippen MR) is 100 cm³/mol. The van der Waals surface area contributed by atoms with Crippen molar-refractivity contribution in [1.82, 2.24) is 4.57 Å². The quantitative estimate of drug-likeness (QED) is 0.720. The molecule has 0 aliphatic rings. The van der Waals surface area contributed by atoms with E-state index in [-0.39, 0.29) is 33.8 Å². The van der Waals surface area contributed by atoms with E-state index in [1.807, 2.05) is 19.9 Å². The van der Waals surface area contributed by atoms with Gasteiger partial charge in [-0.3, -0.25) is 14.2 Å². The summed E-state index contributed by atoms with van der Waals surface area (Å²) in [5.74, 6) is -0.846. The van der Waals surface area contributed by atoms with Crippen LogP contribution in [0, 0.1) is 5.82 Å². The second kappa shape index (κ2) is 6.98. The van der Waals surface area contributed by atoms with E-state index in [9.17, 15) is 14.0 Å². The van der Waals surface area contributed by atoms with Gasteiger partial charge < -0.3 is 5.32 Å². The van der Waals surface area contributed by atoms with Crippen LogP contribution in [0.25, 0.3) is 10.2 Å². The molecule has 25 heavy (non-hydrogen) atoms. The fraction of sp³-hybridized carbons (Fsp3) is 0.222. The van der Waals surface area contributed by atoms with E-state index in [0.717, 1.165) is 21.6 Å². The van der Waals surface area contributed by atoms with Crippen LogP contribution in [0.2, 0.25) is 5.02 Å². The second-order valence-corrected chi connectivity index (χ2v) is 7.40. The third kappa shape index (κ3) is 3.75. The monoisotopic (exact) mass is 378 g/mol. The highest BCUT2D eigenvalue weighted by Crippen LogP contribution is 2.24. The molecule has 3 rings (SSSR count). The van der Waals surface area contributed by atoms with Crippen LogP contribution in [0.1, 0.15) is 25.5 Å². The molecule has 0 aliphatic carbocycles. The highest BCUT2D eigenvalue weighted by molar-refractivity contribution is 7.16. The van der Waals surface area contributed by atoms with Crippen molar-refractivity contribution >= 4 is 44.7 Å². The number of nitrogens with zero attached hydrogens (tertiary/aromatic N) is 1. The van der Waals surface area contributed by atoms with Gasteiger partial charge in [0, 0.05) is 16.8 Å². The maximum absolute atomic E-state index is 13.8. The molecule has 0 saturated heterocycles. The zero-order valence-corrected chi connectivity index (χ0v) is 15.2. The van der Waals surface area contributed by atoms with Gasteiger partial charge in [-0.05, 0) is 49.7 Å². The van der Waals surface area contributed by atoms with E-state index in [1.54, 1.807) is 22.8 Å². The summed E-state index contributed by atoms with van der Waals surface area (Å²) >= 11 is 6.85. The molecule has 0 bridgehead atoms. The Morgan fingerprint density at radius 2 is 2.04 bits per heavy atom. The molecule has 130 valence electrons. The Morgan fingerprint density at radius 1 is 1.28 bits per heavy atom. The van der Waals surface area contributed by atoms with Crippen molar-refractivity contribution in [3.63, 3.8) is 0 Å². The first-order valence-corrected chi connectivity index (χ1v) is 8.93. The summed E-state index contributed by atoms with van der Waals surface area (Å²) in [5.41, 5.74) is 1.69. The number of aromatic nitrogens is 1. The molecule has 1 aromatic heterocycles. The summed E-state index contributed by atoms with van der Waals surface area (Å²) in [6.45, 7) is 3.90. The minimum absolute atomic E-state index is 0.0308. The Hall–Kier alpha value is -2.18. The molecule has 0 unspecified atom stereocenters. The number of fused-ring (bicyclic) bond motifs is 1. The van der Waals surface area contributed by atoms with E-state index in [0.29, 0.717) is 5.69 Å². The Labute approximate surface area is 152 Å². The normalized spacial score (nSPS) is 11.2. The Kier molecular flexibility index (Phi) is 4.92. The lowest BCUT2D eigenvalue weighted by molar-refractivity contribution is -0.115. The molecule has 1 N–H and O–H groups in total. The van der Waals surface area contributed by atoms with E-state index in [4.69, 9.17) is 11.6 Å². The molecule has 0 spiro atoms. The number of anilines is 1. The van der Waals surface area contributed by atoms with Crippen LogP contribution >= 0.6 is 22.9 Å². The number of hydrogen-bond donors (Lipinski definition) is 1. The maximum Gasteiger partial charge on any atom is 0.308 e. The highest BCUT2D eigenvalue weighted by Gasteiger charge is 2.13. The average molecular weight is 379 g/mol. The van der Waals surface area contributed by atoms with Crippen LogP contribution < -0.4 is 10.2 Å². The summed E-state index contributed by atoms with van der Waals surface area (Å²) in [6, 6.07) is 9.60. The number of benzene rings is 2. The number of hydrogen-bond acceptors (Lipinski definition) is 3. The number of carbonyl (C=O) groups is 1. The highest BCUT2D eigenvalue weighted by atomic mass is 35.5. The minimum atomic E-state index is -0.509. The van der Waals surface area contributed by atoms with Gasteiger partial charge in [0.15, 0.2) is 0 Å². The zero-order chi connectivity index (χ0) is 18.1. The fourth-order valence-corrected chi connectivity index (χ4v) is 3.86. The topological polar surface area (TPSA) is 51.1 Å². The average Bonchev–Trinajstić information content (AvgIpc) is 2.85. The van der Waals surface area contributed by atoms with Gasteiger partial charge in [0.2, 0.25) is 5.91 Å². The number of nitrogens with one attached hydrogen (secondary N) is 1. The van der Waals surface area contributed by atoms with Gasteiger partial charge in [-0.15, -0.1) is 0 Å². The molecular weight excluding hydrogens is 363 g/mol. The lowest BCUT2D eigenvalue weighted by atomic mass is 10.1. The van der Waals surface area contributed by atoms with E-state index < -0.39 is 5.82 Å². The zero-order valence-electron chi connectivity index (χ0n) is 13.7. The SMILES string of the molecule is CC(C)n1c(=O)sc2cc(NC(=O)Cc3ccc(Cl)cc3F)ccc21. The molecule has 0 saturated carbocycles. The summed E-state index contributed by atoms with van der Waals surface area (Å²) in [5, 5.41) is 3.03. The van der Waals surface area contributed by atoms with Gasteiger partial charge in [0.25, 0.3) is 0 Å². The van der Waals surface area contributed by atoms with E-state index in [2.05, 4.69) is 5.32 Å². The van der Waals surface area contributed by atoms with Crippen molar-refractivity contribution < 1.29 is 9.18 Å². The predicted octanol–water partition coefficient (Wildman–Crippen LogP) is 4.62. The van der Waals surface area contributed by atoms with Crippen LogP contribution in [0.3, 0.4) is 0 Å². The molecule has 7 heteroatoms. The van der Waals surface area contributed by atoms with Gasteiger partial charge >= 0.3 is 4.87 Å². The van der Waals surface area contributed by atoms with Crippen LogP contribution in [-0.4, -0.2) is 10.5 Å². The first-order chi connectivity index (χ1) is 11.8. The molecule has 2 aromatic carbocycles. The minimum Gasteiger partial charge on any atom is -0.326 e. The second-order valence-electron chi connectivity index (χ2n) is 5.97. The van der Waals surface area contributed by atoms with Gasteiger partial charge in [0.05, 0.1) is 16.6 Å². The summed E-state index contributed by atoms with van der Waals surface area (Å²) in [4.78, 5) is 24.2. The Balaban J connectivity index is 1.80. The number of carbonyl (C=O) groups excluding carboxylic acids is 1. The number of thiazole rings is 1. The van der Waals surface area contributed by atoms with Gasteiger partial charge in [0.1, 0.15) is 5.82 Å². The van der Waals surface area contributed by atoms with Crippen LogP contribution in [0.5, 0.6) is 0 Å². The molecule has 0 radical (unpaired) electrons. The van der Waals surface area contributed by atoms with Crippen molar-refractivity contribution in [2.24, 2.45) is 0 Å². The molecule has 1 amide bonds. The van der Waals surface area contributed by atoms with Crippen molar-refractivity contribution in [3.05, 3.63) is 62.5 Å². The molecule has 0 fully saturated rings. The molecule has 0 atom stereocenters. The third-order valence-electron chi connectivity index (χ3n) is 3.78. The smallest absolute Gasteiger partial charge is 0.308 e. The summed E-state index contributed by atoms with van der Waals surface area (Å²) in [7, 11) is 0. The van der Waals surface area contributed by atoms with Crippen molar-refractivity contribution in [2.75, 3.05) is 5.32 Å². The third-order valence-corrected chi connectivity index (χ3v) is 4.93. The maximum atomic E-state index is 13.8. The van der Waals surface area contributed by atoms with Crippen LogP contribution in [0.4, 0.5) is 10.1 Å². The van der Waals surface area contributed by atoms with Crippen molar-refractivity contribution in [3.8, 4) is 0 Å². The largest absolute Gasteiger partial charge is 0.326 e. The van der Waals surface area contributed by atoms with Gasteiger partial charge in [-0.1, -0.05) is 29.0 Å². The molecule has 0 aliphatic heterocycles. The number of halogens is 2. The molecule has 4 nitrogen and oxygen atoms in total. The molecular formula is C18H16ClFN2O2S. The number of rotatable bonds is 4.